The molecule has 0 aliphatic heterocycles. The predicted octanol–water partition coefficient (Wildman–Crippen LogP) is 5.19. The zero-order valence-electron chi connectivity index (χ0n) is 16.9. The van der Waals surface area contributed by atoms with E-state index in [0.29, 0.717) is 16.4 Å². The summed E-state index contributed by atoms with van der Waals surface area (Å²) in [7, 11) is -2.58. The van der Waals surface area contributed by atoms with Crippen molar-refractivity contribution in [2.45, 2.75) is 16.7 Å². The quantitative estimate of drug-likeness (QED) is 0.437. The van der Waals surface area contributed by atoms with Crippen LogP contribution in [-0.4, -0.2) is 27.2 Å². The summed E-state index contributed by atoms with van der Waals surface area (Å²) in [5, 5.41) is 3.23. The molecular weight excluding hydrogens is 456 g/mol. The second-order valence-electron chi connectivity index (χ2n) is 6.63. The van der Waals surface area contributed by atoms with Crippen molar-refractivity contribution < 1.29 is 17.9 Å². The van der Waals surface area contributed by atoms with Gasteiger partial charge in [0.05, 0.1) is 12.9 Å². The summed E-state index contributed by atoms with van der Waals surface area (Å²) in [4.78, 5) is 13.2. The van der Waals surface area contributed by atoms with Gasteiger partial charge in [0.1, 0.15) is 10.6 Å². The van der Waals surface area contributed by atoms with Crippen molar-refractivity contribution in [2.24, 2.45) is 0 Å². The number of amides is 1. The SMILES string of the molecule is COc1ccc(NC(=O)CSc2ccc(C)cc2)cc1S(=O)(=O)Nc1ccc(Cl)cc1. The zero-order chi connectivity index (χ0) is 22.4. The Bertz CT molecular complexity index is 1170. The first-order valence-electron chi connectivity index (χ1n) is 9.22. The van der Waals surface area contributed by atoms with E-state index in [1.165, 1.54) is 31.0 Å². The highest BCUT2D eigenvalue weighted by atomic mass is 35.5. The Morgan fingerprint density at radius 2 is 1.65 bits per heavy atom. The van der Waals surface area contributed by atoms with Crippen molar-refractivity contribution >= 4 is 50.7 Å². The maximum atomic E-state index is 12.9. The van der Waals surface area contributed by atoms with Gasteiger partial charge >= 0.3 is 0 Å². The number of benzene rings is 3. The van der Waals surface area contributed by atoms with Crippen molar-refractivity contribution in [3.05, 3.63) is 77.3 Å². The second-order valence-corrected chi connectivity index (χ2v) is 9.76. The number of rotatable bonds is 8. The van der Waals surface area contributed by atoms with Crippen LogP contribution in [0.15, 0.2) is 76.5 Å². The number of halogens is 1. The van der Waals surface area contributed by atoms with Crippen LogP contribution in [0.25, 0.3) is 0 Å². The monoisotopic (exact) mass is 476 g/mol. The molecule has 0 bridgehead atoms. The number of hydrogen-bond donors (Lipinski definition) is 2. The molecule has 3 rings (SSSR count). The number of nitrogens with one attached hydrogen (secondary N) is 2. The standard InChI is InChI=1S/C22H21ClN2O4S2/c1-15-3-10-19(11-4-15)30-14-22(26)24-18-9-12-20(29-2)21(13-18)31(27,28)25-17-7-5-16(23)6-8-17/h3-13,25H,14H2,1-2H3,(H,24,26). The predicted molar refractivity (Wildman–Crippen MR) is 126 cm³/mol. The lowest BCUT2D eigenvalue weighted by atomic mass is 10.2. The van der Waals surface area contributed by atoms with Crippen molar-refractivity contribution in [1.29, 1.82) is 0 Å². The number of sulfonamides is 1. The molecule has 0 aliphatic rings. The second kappa shape index (κ2) is 10.1. The zero-order valence-corrected chi connectivity index (χ0v) is 19.3. The molecule has 6 nitrogen and oxygen atoms in total. The van der Waals surface area contributed by atoms with Crippen LogP contribution in [0.4, 0.5) is 11.4 Å². The lowest BCUT2D eigenvalue weighted by molar-refractivity contribution is -0.113. The van der Waals surface area contributed by atoms with Gasteiger partial charge in [0.2, 0.25) is 5.91 Å². The van der Waals surface area contributed by atoms with E-state index in [-0.39, 0.29) is 22.3 Å². The molecule has 2 N–H and O–H groups in total. The Morgan fingerprint density at radius 1 is 1.00 bits per heavy atom. The van der Waals surface area contributed by atoms with Gasteiger partial charge in [-0.1, -0.05) is 29.3 Å². The minimum Gasteiger partial charge on any atom is -0.495 e. The first-order chi connectivity index (χ1) is 14.8. The summed E-state index contributed by atoms with van der Waals surface area (Å²) < 4.78 is 33.5. The highest BCUT2D eigenvalue weighted by Crippen LogP contribution is 2.29. The third kappa shape index (κ3) is 6.40. The van der Waals surface area contributed by atoms with Gasteiger partial charge in [0, 0.05) is 21.3 Å². The molecule has 0 spiro atoms. The van der Waals surface area contributed by atoms with Crippen molar-refractivity contribution in [3.8, 4) is 5.75 Å². The molecule has 0 saturated heterocycles. The van der Waals surface area contributed by atoms with Crippen LogP contribution in [0.3, 0.4) is 0 Å². The summed E-state index contributed by atoms with van der Waals surface area (Å²) in [6.07, 6.45) is 0. The number of aryl methyl sites for hydroxylation is 1. The lowest BCUT2D eigenvalue weighted by Crippen LogP contribution is -2.17. The summed E-state index contributed by atoms with van der Waals surface area (Å²) in [5.74, 6) is 0.110. The number of hydrogen-bond acceptors (Lipinski definition) is 5. The number of ether oxygens (including phenoxy) is 1. The summed E-state index contributed by atoms with van der Waals surface area (Å²) in [6.45, 7) is 2.00. The maximum Gasteiger partial charge on any atom is 0.265 e. The fraction of sp³-hybridized carbons (Fsp3) is 0.136. The van der Waals surface area contributed by atoms with Crippen LogP contribution >= 0.6 is 23.4 Å². The van der Waals surface area contributed by atoms with Crippen LogP contribution in [0.5, 0.6) is 5.75 Å². The minimum absolute atomic E-state index is 0.0889. The maximum absolute atomic E-state index is 12.9. The summed E-state index contributed by atoms with van der Waals surface area (Å²) in [6, 6.07) is 18.6. The normalized spacial score (nSPS) is 11.1. The molecule has 0 atom stereocenters. The van der Waals surface area contributed by atoms with Gasteiger partial charge < -0.3 is 10.1 Å². The molecule has 0 aromatic heterocycles. The van der Waals surface area contributed by atoms with E-state index in [2.05, 4.69) is 10.0 Å². The van der Waals surface area contributed by atoms with Crippen LogP contribution in [0, 0.1) is 6.92 Å². The number of thioether (sulfide) groups is 1. The van der Waals surface area contributed by atoms with Gasteiger partial charge in [-0.2, -0.15) is 0 Å². The fourth-order valence-corrected chi connectivity index (χ4v) is 4.75. The number of carbonyl (C=O) groups excluding carboxylic acids is 1. The topological polar surface area (TPSA) is 84.5 Å². The molecule has 0 fully saturated rings. The third-order valence-electron chi connectivity index (χ3n) is 4.22. The first-order valence-corrected chi connectivity index (χ1v) is 12.1. The van der Waals surface area contributed by atoms with Gasteiger partial charge in [-0.05, 0) is 61.5 Å². The number of methoxy groups -OCH3 is 1. The molecule has 0 radical (unpaired) electrons. The molecule has 0 saturated carbocycles. The van der Waals surface area contributed by atoms with Gasteiger partial charge in [0.25, 0.3) is 10.0 Å². The molecule has 3 aromatic carbocycles. The highest BCUT2D eigenvalue weighted by molar-refractivity contribution is 8.00. The van der Waals surface area contributed by atoms with Gasteiger partial charge in [0.15, 0.2) is 0 Å². The van der Waals surface area contributed by atoms with E-state index >= 15 is 0 Å². The van der Waals surface area contributed by atoms with Gasteiger partial charge in [-0.15, -0.1) is 11.8 Å². The van der Waals surface area contributed by atoms with E-state index < -0.39 is 10.0 Å². The fourth-order valence-electron chi connectivity index (χ4n) is 2.67. The van der Waals surface area contributed by atoms with Crippen molar-refractivity contribution in [3.63, 3.8) is 0 Å². The molecule has 0 heterocycles. The summed E-state index contributed by atoms with van der Waals surface area (Å²) >= 11 is 7.25. The van der Waals surface area contributed by atoms with Gasteiger partial charge in [-0.25, -0.2) is 8.42 Å². The molecule has 3 aromatic rings. The molecule has 162 valence electrons. The van der Waals surface area contributed by atoms with E-state index in [9.17, 15) is 13.2 Å². The Balaban J connectivity index is 1.73. The Hall–Kier alpha value is -2.68. The minimum atomic E-state index is -3.96. The van der Waals surface area contributed by atoms with E-state index in [0.717, 1.165) is 10.5 Å². The van der Waals surface area contributed by atoms with Crippen molar-refractivity contribution in [1.82, 2.24) is 0 Å². The van der Waals surface area contributed by atoms with Crippen LogP contribution in [0.2, 0.25) is 5.02 Å². The molecule has 0 unspecified atom stereocenters. The van der Waals surface area contributed by atoms with E-state index in [1.807, 2.05) is 31.2 Å². The summed E-state index contributed by atoms with van der Waals surface area (Å²) in [5.41, 5.74) is 1.86. The average molecular weight is 477 g/mol. The molecule has 31 heavy (non-hydrogen) atoms. The lowest BCUT2D eigenvalue weighted by Gasteiger charge is -2.14. The molecule has 1 amide bonds. The number of carbonyl (C=O) groups is 1. The van der Waals surface area contributed by atoms with Crippen LogP contribution in [-0.2, 0) is 14.8 Å². The van der Waals surface area contributed by atoms with E-state index in [1.54, 1.807) is 30.3 Å². The van der Waals surface area contributed by atoms with Crippen LogP contribution < -0.4 is 14.8 Å². The average Bonchev–Trinajstić information content (AvgIpc) is 2.75. The third-order valence-corrected chi connectivity index (χ3v) is 6.89. The van der Waals surface area contributed by atoms with Gasteiger partial charge in [-0.3, -0.25) is 9.52 Å². The largest absolute Gasteiger partial charge is 0.495 e. The smallest absolute Gasteiger partial charge is 0.265 e. The Labute approximate surface area is 191 Å². The van der Waals surface area contributed by atoms with Crippen LogP contribution in [0.1, 0.15) is 5.56 Å². The molecule has 0 aliphatic carbocycles. The Kier molecular flexibility index (Phi) is 7.48. The van der Waals surface area contributed by atoms with E-state index in [4.69, 9.17) is 16.3 Å². The first kappa shape index (κ1) is 23.0. The number of anilines is 2. The Morgan fingerprint density at radius 3 is 2.29 bits per heavy atom. The molecular formula is C22H21ClN2O4S2. The van der Waals surface area contributed by atoms with Crippen molar-refractivity contribution in [2.75, 3.05) is 22.9 Å². The highest BCUT2D eigenvalue weighted by Gasteiger charge is 2.21. The molecule has 9 heteroatoms.